The largest absolute Gasteiger partial charge is 0.312 e. The lowest BCUT2D eigenvalue weighted by atomic mass is 10.1. The van der Waals surface area contributed by atoms with Crippen LogP contribution in [0.2, 0.25) is 0 Å². The van der Waals surface area contributed by atoms with Gasteiger partial charge in [-0.15, -0.1) is 0 Å². The van der Waals surface area contributed by atoms with Crippen molar-refractivity contribution in [3.63, 3.8) is 0 Å². The fourth-order valence-corrected chi connectivity index (χ4v) is 2.74. The van der Waals surface area contributed by atoms with E-state index in [4.69, 9.17) is 0 Å². The number of rotatable bonds is 5. The van der Waals surface area contributed by atoms with E-state index >= 15 is 0 Å². The second kappa shape index (κ2) is 6.18. The summed E-state index contributed by atoms with van der Waals surface area (Å²) in [5.41, 5.74) is 1.42. The predicted molar refractivity (Wildman–Crippen MR) is 73.0 cm³/mol. The molecule has 1 saturated heterocycles. The van der Waals surface area contributed by atoms with E-state index in [1.54, 1.807) is 0 Å². The zero-order valence-corrected chi connectivity index (χ0v) is 11.0. The summed E-state index contributed by atoms with van der Waals surface area (Å²) < 4.78 is 0. The average molecular weight is 232 g/mol. The van der Waals surface area contributed by atoms with Crippen LogP contribution in [-0.4, -0.2) is 30.1 Å². The molecule has 17 heavy (non-hydrogen) atoms. The lowest BCUT2D eigenvalue weighted by molar-refractivity contribution is 0.176. The lowest BCUT2D eigenvalue weighted by Crippen LogP contribution is -2.45. The molecular formula is C15H24N2. The van der Waals surface area contributed by atoms with E-state index in [2.05, 4.69) is 54.4 Å². The Labute approximate surface area is 105 Å². The second-order valence-corrected chi connectivity index (χ2v) is 4.99. The van der Waals surface area contributed by atoms with Crippen molar-refractivity contribution in [2.45, 2.75) is 45.3 Å². The lowest BCUT2D eigenvalue weighted by Gasteiger charge is -2.32. The van der Waals surface area contributed by atoms with Gasteiger partial charge < -0.3 is 5.32 Å². The van der Waals surface area contributed by atoms with Crippen LogP contribution in [0.15, 0.2) is 30.3 Å². The number of hydrogen-bond acceptors (Lipinski definition) is 2. The minimum atomic E-state index is 0.628. The van der Waals surface area contributed by atoms with Gasteiger partial charge in [-0.25, -0.2) is 0 Å². The van der Waals surface area contributed by atoms with Crippen LogP contribution in [0.3, 0.4) is 0 Å². The van der Waals surface area contributed by atoms with Gasteiger partial charge in [-0.1, -0.05) is 37.3 Å². The maximum absolute atomic E-state index is 3.62. The summed E-state index contributed by atoms with van der Waals surface area (Å²) in [5.74, 6) is 0. The molecule has 0 radical (unpaired) electrons. The van der Waals surface area contributed by atoms with Crippen LogP contribution in [0.5, 0.6) is 0 Å². The molecule has 1 heterocycles. The molecule has 0 aromatic heterocycles. The molecule has 94 valence electrons. The summed E-state index contributed by atoms with van der Waals surface area (Å²) in [6, 6.07) is 12.1. The SMILES string of the molecule is CCN(Cc1ccccc1)C(C)C1CCCN1. The van der Waals surface area contributed by atoms with Crippen molar-refractivity contribution in [2.75, 3.05) is 13.1 Å². The molecular weight excluding hydrogens is 208 g/mol. The van der Waals surface area contributed by atoms with Gasteiger partial charge in [-0.2, -0.15) is 0 Å². The highest BCUT2D eigenvalue weighted by atomic mass is 15.2. The van der Waals surface area contributed by atoms with Crippen LogP contribution < -0.4 is 5.32 Å². The van der Waals surface area contributed by atoms with Crippen molar-refractivity contribution in [3.8, 4) is 0 Å². The third kappa shape index (κ3) is 3.30. The van der Waals surface area contributed by atoms with Gasteiger partial charge in [0, 0.05) is 18.6 Å². The smallest absolute Gasteiger partial charge is 0.0237 e. The molecule has 0 bridgehead atoms. The van der Waals surface area contributed by atoms with Crippen molar-refractivity contribution in [1.29, 1.82) is 0 Å². The molecule has 2 heteroatoms. The first-order chi connectivity index (χ1) is 8.31. The fourth-order valence-electron chi connectivity index (χ4n) is 2.74. The summed E-state index contributed by atoms with van der Waals surface area (Å²) in [7, 11) is 0. The first-order valence-electron chi connectivity index (χ1n) is 6.82. The Morgan fingerprint density at radius 1 is 1.35 bits per heavy atom. The summed E-state index contributed by atoms with van der Waals surface area (Å²) in [5, 5.41) is 3.62. The molecule has 1 aliphatic rings. The number of nitrogens with one attached hydrogen (secondary N) is 1. The topological polar surface area (TPSA) is 15.3 Å². The molecule has 1 N–H and O–H groups in total. The van der Waals surface area contributed by atoms with Gasteiger partial charge in [0.2, 0.25) is 0 Å². The molecule has 2 atom stereocenters. The van der Waals surface area contributed by atoms with Gasteiger partial charge in [0.15, 0.2) is 0 Å². The van der Waals surface area contributed by atoms with Gasteiger partial charge in [-0.05, 0) is 38.4 Å². The van der Waals surface area contributed by atoms with Gasteiger partial charge in [0.05, 0.1) is 0 Å². The minimum absolute atomic E-state index is 0.628. The highest BCUT2D eigenvalue weighted by Crippen LogP contribution is 2.16. The van der Waals surface area contributed by atoms with Crippen molar-refractivity contribution in [2.24, 2.45) is 0 Å². The maximum atomic E-state index is 3.62. The molecule has 1 aromatic carbocycles. The van der Waals surface area contributed by atoms with Crippen LogP contribution in [-0.2, 0) is 6.54 Å². The van der Waals surface area contributed by atoms with Crippen molar-refractivity contribution in [1.82, 2.24) is 10.2 Å². The summed E-state index contributed by atoms with van der Waals surface area (Å²) in [4.78, 5) is 2.57. The number of likely N-dealkylation sites (N-methyl/N-ethyl adjacent to an activating group) is 1. The number of nitrogens with zero attached hydrogens (tertiary/aromatic N) is 1. The van der Waals surface area contributed by atoms with E-state index in [-0.39, 0.29) is 0 Å². The molecule has 0 aliphatic carbocycles. The highest BCUT2D eigenvalue weighted by molar-refractivity contribution is 5.14. The van der Waals surface area contributed by atoms with E-state index in [0.29, 0.717) is 12.1 Å². The summed E-state index contributed by atoms with van der Waals surface area (Å²) in [6.45, 7) is 7.99. The predicted octanol–water partition coefficient (Wildman–Crippen LogP) is 2.65. The maximum Gasteiger partial charge on any atom is 0.0237 e. The standard InChI is InChI=1S/C15H24N2/c1-3-17(12-14-8-5-4-6-9-14)13(2)15-10-7-11-16-15/h4-6,8-9,13,15-16H,3,7,10-12H2,1-2H3. The summed E-state index contributed by atoms with van der Waals surface area (Å²) in [6.07, 6.45) is 2.66. The van der Waals surface area contributed by atoms with Crippen molar-refractivity contribution >= 4 is 0 Å². The molecule has 1 aromatic rings. The molecule has 0 saturated carbocycles. The normalized spacial score (nSPS) is 21.9. The van der Waals surface area contributed by atoms with Crippen molar-refractivity contribution < 1.29 is 0 Å². The average Bonchev–Trinajstić information content (AvgIpc) is 2.90. The molecule has 2 nitrogen and oxygen atoms in total. The van der Waals surface area contributed by atoms with Gasteiger partial charge >= 0.3 is 0 Å². The van der Waals surface area contributed by atoms with Gasteiger partial charge in [0.1, 0.15) is 0 Å². The fraction of sp³-hybridized carbons (Fsp3) is 0.600. The molecule has 1 aliphatic heterocycles. The van der Waals surface area contributed by atoms with Gasteiger partial charge in [-0.3, -0.25) is 4.90 Å². The molecule has 2 unspecified atom stereocenters. The molecule has 1 fully saturated rings. The quantitative estimate of drug-likeness (QED) is 0.839. The Morgan fingerprint density at radius 3 is 2.71 bits per heavy atom. The van der Waals surface area contributed by atoms with Crippen LogP contribution in [0, 0.1) is 0 Å². The van der Waals surface area contributed by atoms with Crippen molar-refractivity contribution in [3.05, 3.63) is 35.9 Å². The van der Waals surface area contributed by atoms with E-state index < -0.39 is 0 Å². The number of hydrogen-bond donors (Lipinski definition) is 1. The Bertz CT molecular complexity index is 317. The number of benzene rings is 1. The Balaban J connectivity index is 1.96. The Kier molecular flexibility index (Phi) is 4.57. The Morgan fingerprint density at radius 2 is 2.12 bits per heavy atom. The molecule has 2 rings (SSSR count). The molecule has 0 spiro atoms. The van der Waals surface area contributed by atoms with E-state index in [1.807, 2.05) is 0 Å². The van der Waals surface area contributed by atoms with Crippen LogP contribution >= 0.6 is 0 Å². The van der Waals surface area contributed by atoms with E-state index in [1.165, 1.54) is 24.9 Å². The summed E-state index contributed by atoms with van der Waals surface area (Å²) >= 11 is 0. The zero-order chi connectivity index (χ0) is 12.1. The highest BCUT2D eigenvalue weighted by Gasteiger charge is 2.24. The first kappa shape index (κ1) is 12.6. The van der Waals surface area contributed by atoms with Gasteiger partial charge in [0.25, 0.3) is 0 Å². The molecule has 0 amide bonds. The third-order valence-electron chi connectivity index (χ3n) is 3.89. The monoisotopic (exact) mass is 232 g/mol. The zero-order valence-electron chi connectivity index (χ0n) is 11.0. The minimum Gasteiger partial charge on any atom is -0.312 e. The van der Waals surface area contributed by atoms with Crippen LogP contribution in [0.4, 0.5) is 0 Å². The van der Waals surface area contributed by atoms with Crippen LogP contribution in [0.1, 0.15) is 32.3 Å². The Hall–Kier alpha value is -0.860. The second-order valence-electron chi connectivity index (χ2n) is 4.99. The third-order valence-corrected chi connectivity index (χ3v) is 3.89. The van der Waals surface area contributed by atoms with E-state index in [0.717, 1.165) is 13.1 Å². The van der Waals surface area contributed by atoms with E-state index in [9.17, 15) is 0 Å². The van der Waals surface area contributed by atoms with Crippen LogP contribution in [0.25, 0.3) is 0 Å². The first-order valence-corrected chi connectivity index (χ1v) is 6.82.